The van der Waals surface area contributed by atoms with Crippen molar-refractivity contribution in [3.8, 4) is 0 Å². The third-order valence-corrected chi connectivity index (χ3v) is 4.53. The second kappa shape index (κ2) is 5.26. The average Bonchev–Trinajstić information content (AvgIpc) is 2.74. The van der Waals surface area contributed by atoms with Crippen molar-refractivity contribution in [1.82, 2.24) is 9.71 Å². The van der Waals surface area contributed by atoms with Crippen LogP contribution in [0.25, 0.3) is 0 Å². The van der Waals surface area contributed by atoms with E-state index in [0.717, 1.165) is 0 Å². The van der Waals surface area contributed by atoms with Crippen LogP contribution in [0.1, 0.15) is 30.2 Å². The van der Waals surface area contributed by atoms with Crippen LogP contribution in [0, 0.1) is 13.8 Å². The molecule has 2 aromatic rings. The maximum Gasteiger partial charge on any atom is 0.241 e. The van der Waals surface area contributed by atoms with Gasteiger partial charge in [-0.05, 0) is 44.5 Å². The maximum absolute atomic E-state index is 12.3. The quantitative estimate of drug-likeness (QED) is 0.840. The highest BCUT2D eigenvalue weighted by molar-refractivity contribution is 7.89. The lowest BCUT2D eigenvalue weighted by Gasteiger charge is -2.13. The van der Waals surface area contributed by atoms with E-state index >= 15 is 0 Å². The lowest BCUT2D eigenvalue weighted by molar-refractivity contribution is 0.427. The molecule has 2 rings (SSSR count). The molecule has 1 unspecified atom stereocenters. The second-order valence-corrected chi connectivity index (χ2v) is 6.36. The number of hydrogen-bond acceptors (Lipinski definition) is 5. The molecule has 0 fully saturated rings. The highest BCUT2D eigenvalue weighted by Gasteiger charge is 2.22. The normalized spacial score (nSPS) is 13.3. The average molecular weight is 295 g/mol. The predicted octanol–water partition coefficient (Wildman–Crippen LogP) is 1.91. The van der Waals surface area contributed by atoms with E-state index < -0.39 is 16.1 Å². The number of nitrogens with zero attached hydrogens (tertiary/aromatic N) is 1. The Bertz CT molecular complexity index is 722. The van der Waals surface area contributed by atoms with Crippen LogP contribution in [0.15, 0.2) is 33.7 Å². The third kappa shape index (κ3) is 3.00. The zero-order valence-electron chi connectivity index (χ0n) is 11.5. The first-order valence-corrected chi connectivity index (χ1v) is 7.58. The molecule has 0 spiro atoms. The molecule has 1 aromatic carbocycles. The summed E-state index contributed by atoms with van der Waals surface area (Å²) < 4.78 is 32.5. The van der Waals surface area contributed by atoms with Gasteiger partial charge in [0.1, 0.15) is 5.76 Å². The van der Waals surface area contributed by atoms with E-state index in [9.17, 15) is 8.42 Å². The number of aromatic nitrogens is 1. The molecular formula is C13H17N3O3S. The minimum atomic E-state index is -3.65. The fourth-order valence-electron chi connectivity index (χ4n) is 1.89. The van der Waals surface area contributed by atoms with Gasteiger partial charge in [0.2, 0.25) is 15.9 Å². The van der Waals surface area contributed by atoms with Gasteiger partial charge in [0, 0.05) is 5.69 Å². The zero-order chi connectivity index (χ0) is 14.9. The van der Waals surface area contributed by atoms with Gasteiger partial charge in [0.25, 0.3) is 0 Å². The van der Waals surface area contributed by atoms with Crippen molar-refractivity contribution in [1.29, 1.82) is 0 Å². The monoisotopic (exact) mass is 295 g/mol. The first-order chi connectivity index (χ1) is 9.29. The molecule has 0 radical (unpaired) electrons. The van der Waals surface area contributed by atoms with Gasteiger partial charge in [0.15, 0.2) is 0 Å². The number of rotatable bonds is 4. The lowest BCUT2D eigenvalue weighted by atomic mass is 10.2. The first-order valence-electron chi connectivity index (χ1n) is 6.10. The van der Waals surface area contributed by atoms with Gasteiger partial charge in [-0.2, -0.15) is 4.72 Å². The van der Waals surface area contributed by atoms with Crippen LogP contribution in [0.4, 0.5) is 5.69 Å². The van der Waals surface area contributed by atoms with Crippen LogP contribution in [-0.4, -0.2) is 13.4 Å². The standard InChI is InChI=1S/C13H17N3O3S/c1-8-6-11(14)4-5-12(8)20(17,18)16-10(3)13-15-7-9(2)19-13/h4-7,10,16H,14H2,1-3H3. The third-order valence-electron chi connectivity index (χ3n) is 2.83. The topological polar surface area (TPSA) is 98.2 Å². The molecule has 0 amide bonds. The molecular weight excluding hydrogens is 278 g/mol. The number of aryl methyl sites for hydroxylation is 2. The van der Waals surface area contributed by atoms with Crippen LogP contribution < -0.4 is 10.5 Å². The highest BCUT2D eigenvalue weighted by Crippen LogP contribution is 2.21. The van der Waals surface area contributed by atoms with Gasteiger partial charge < -0.3 is 10.2 Å². The molecule has 7 heteroatoms. The summed E-state index contributed by atoms with van der Waals surface area (Å²) in [6.07, 6.45) is 1.55. The number of anilines is 1. The minimum absolute atomic E-state index is 0.196. The van der Waals surface area contributed by atoms with E-state index in [1.165, 1.54) is 6.07 Å². The summed E-state index contributed by atoms with van der Waals surface area (Å²) in [4.78, 5) is 4.21. The number of nitrogen functional groups attached to an aromatic ring is 1. The van der Waals surface area contributed by atoms with E-state index in [1.807, 2.05) is 0 Å². The molecule has 3 N–H and O–H groups in total. The molecule has 0 saturated heterocycles. The second-order valence-electron chi connectivity index (χ2n) is 4.68. The minimum Gasteiger partial charge on any atom is -0.444 e. The molecule has 0 bridgehead atoms. The number of hydrogen-bond donors (Lipinski definition) is 2. The van der Waals surface area contributed by atoms with Crippen molar-refractivity contribution < 1.29 is 12.8 Å². The molecule has 0 saturated carbocycles. The SMILES string of the molecule is Cc1cnc(C(C)NS(=O)(=O)c2ccc(N)cc2C)o1. The molecule has 6 nitrogen and oxygen atoms in total. The maximum atomic E-state index is 12.3. The lowest BCUT2D eigenvalue weighted by Crippen LogP contribution is -2.27. The van der Waals surface area contributed by atoms with Crippen molar-refractivity contribution in [2.24, 2.45) is 0 Å². The molecule has 1 atom stereocenters. The van der Waals surface area contributed by atoms with Crippen LogP contribution in [0.2, 0.25) is 0 Å². The van der Waals surface area contributed by atoms with Gasteiger partial charge in [-0.15, -0.1) is 0 Å². The Morgan fingerprint density at radius 2 is 2.05 bits per heavy atom. The Morgan fingerprint density at radius 1 is 1.35 bits per heavy atom. The van der Waals surface area contributed by atoms with Gasteiger partial charge in [-0.25, -0.2) is 13.4 Å². The Balaban J connectivity index is 2.27. The predicted molar refractivity (Wildman–Crippen MR) is 75.6 cm³/mol. The molecule has 1 aromatic heterocycles. The van der Waals surface area contributed by atoms with Crippen molar-refractivity contribution in [3.05, 3.63) is 41.6 Å². The van der Waals surface area contributed by atoms with Gasteiger partial charge in [0.05, 0.1) is 17.1 Å². The number of oxazole rings is 1. The Morgan fingerprint density at radius 3 is 2.60 bits per heavy atom. The Labute approximate surface area is 118 Å². The molecule has 0 aliphatic rings. The fraction of sp³-hybridized carbons (Fsp3) is 0.308. The van der Waals surface area contributed by atoms with Gasteiger partial charge in [-0.3, -0.25) is 0 Å². The van der Waals surface area contributed by atoms with Crippen molar-refractivity contribution in [3.63, 3.8) is 0 Å². The molecule has 20 heavy (non-hydrogen) atoms. The zero-order valence-corrected chi connectivity index (χ0v) is 12.4. The summed E-state index contributed by atoms with van der Waals surface area (Å²) in [5.41, 5.74) is 6.74. The fourth-order valence-corrected chi connectivity index (χ4v) is 3.32. The van der Waals surface area contributed by atoms with Crippen molar-refractivity contribution in [2.45, 2.75) is 31.7 Å². The van der Waals surface area contributed by atoms with Crippen LogP contribution in [0.5, 0.6) is 0 Å². The largest absolute Gasteiger partial charge is 0.444 e. The molecule has 1 heterocycles. The van der Waals surface area contributed by atoms with Gasteiger partial charge >= 0.3 is 0 Å². The number of sulfonamides is 1. The molecule has 0 aliphatic heterocycles. The van der Waals surface area contributed by atoms with Crippen LogP contribution >= 0.6 is 0 Å². The van der Waals surface area contributed by atoms with Crippen LogP contribution in [-0.2, 0) is 10.0 Å². The highest BCUT2D eigenvalue weighted by atomic mass is 32.2. The number of benzene rings is 1. The summed E-state index contributed by atoms with van der Waals surface area (Å²) in [6, 6.07) is 4.11. The Hall–Kier alpha value is -1.86. The smallest absolute Gasteiger partial charge is 0.241 e. The molecule has 0 aliphatic carbocycles. The van der Waals surface area contributed by atoms with E-state index in [-0.39, 0.29) is 4.90 Å². The summed E-state index contributed by atoms with van der Waals surface area (Å²) >= 11 is 0. The van der Waals surface area contributed by atoms with E-state index in [2.05, 4.69) is 9.71 Å². The van der Waals surface area contributed by atoms with E-state index in [1.54, 1.807) is 39.1 Å². The summed E-state index contributed by atoms with van der Waals surface area (Å²) in [7, 11) is -3.65. The summed E-state index contributed by atoms with van der Waals surface area (Å²) in [5.74, 6) is 0.967. The number of nitrogens with two attached hydrogens (primary N) is 1. The summed E-state index contributed by atoms with van der Waals surface area (Å²) in [5, 5.41) is 0. The van der Waals surface area contributed by atoms with Crippen molar-refractivity contribution in [2.75, 3.05) is 5.73 Å². The summed E-state index contributed by atoms with van der Waals surface area (Å²) in [6.45, 7) is 5.13. The van der Waals surface area contributed by atoms with Crippen LogP contribution in [0.3, 0.4) is 0 Å². The van der Waals surface area contributed by atoms with E-state index in [4.69, 9.17) is 10.2 Å². The van der Waals surface area contributed by atoms with Gasteiger partial charge in [-0.1, -0.05) is 0 Å². The number of nitrogens with one attached hydrogen (secondary N) is 1. The molecule has 108 valence electrons. The van der Waals surface area contributed by atoms with E-state index in [0.29, 0.717) is 22.9 Å². The first kappa shape index (κ1) is 14.5. The Kier molecular flexibility index (Phi) is 3.82. The van der Waals surface area contributed by atoms with Crippen molar-refractivity contribution >= 4 is 15.7 Å².